The molecule has 0 bridgehead atoms. The van der Waals surface area contributed by atoms with Crippen molar-refractivity contribution in [2.45, 2.75) is 30.6 Å². The van der Waals surface area contributed by atoms with Crippen LogP contribution in [0.15, 0.2) is 24.3 Å². The van der Waals surface area contributed by atoms with E-state index in [2.05, 4.69) is 4.72 Å². The molecule has 1 unspecified atom stereocenters. The molecule has 1 saturated carbocycles. The van der Waals surface area contributed by atoms with Crippen LogP contribution in [0.4, 0.5) is 5.69 Å². The Labute approximate surface area is 124 Å². The molecule has 2 aliphatic rings. The van der Waals surface area contributed by atoms with Crippen LogP contribution in [0.3, 0.4) is 0 Å². The van der Waals surface area contributed by atoms with Gasteiger partial charge < -0.3 is 9.64 Å². The van der Waals surface area contributed by atoms with E-state index in [0.29, 0.717) is 25.8 Å². The second kappa shape index (κ2) is 5.31. The van der Waals surface area contributed by atoms with Gasteiger partial charge in [-0.15, -0.1) is 0 Å². The van der Waals surface area contributed by atoms with Crippen molar-refractivity contribution in [2.24, 2.45) is 0 Å². The first-order chi connectivity index (χ1) is 10.0. The van der Waals surface area contributed by atoms with Gasteiger partial charge in [0.1, 0.15) is 11.8 Å². The van der Waals surface area contributed by atoms with Gasteiger partial charge >= 0.3 is 0 Å². The molecule has 1 aromatic carbocycles. The predicted octanol–water partition coefficient (Wildman–Crippen LogP) is 0.882. The minimum Gasteiger partial charge on any atom is -0.497 e. The van der Waals surface area contributed by atoms with Crippen LogP contribution in [0.2, 0.25) is 0 Å². The molecule has 3 rings (SSSR count). The Bertz CT molecular complexity index is 637. The maximum Gasteiger partial charge on any atom is 0.245 e. The highest BCUT2D eigenvalue weighted by molar-refractivity contribution is 7.90. The van der Waals surface area contributed by atoms with E-state index in [-0.39, 0.29) is 11.2 Å². The number of carbonyl (C=O) groups is 1. The molecule has 1 heterocycles. The van der Waals surface area contributed by atoms with E-state index < -0.39 is 16.1 Å². The fraction of sp³-hybridized carbons (Fsp3) is 0.500. The summed E-state index contributed by atoms with van der Waals surface area (Å²) in [6.07, 6.45) is 1.88. The number of sulfonamides is 1. The normalized spacial score (nSPS) is 22.6. The number of carbonyl (C=O) groups excluding carboxylic acids is 1. The Balaban J connectivity index is 1.70. The first kappa shape index (κ1) is 14.3. The van der Waals surface area contributed by atoms with Crippen molar-refractivity contribution >= 4 is 21.6 Å². The van der Waals surface area contributed by atoms with Crippen molar-refractivity contribution in [1.82, 2.24) is 4.72 Å². The maximum atomic E-state index is 12.3. The first-order valence-electron chi connectivity index (χ1n) is 6.98. The monoisotopic (exact) mass is 310 g/mol. The minimum absolute atomic E-state index is 0.190. The maximum absolute atomic E-state index is 12.3. The second-order valence-electron chi connectivity index (χ2n) is 5.39. The number of methoxy groups -OCH3 is 1. The smallest absolute Gasteiger partial charge is 0.245 e. The van der Waals surface area contributed by atoms with E-state index in [1.54, 1.807) is 36.3 Å². The van der Waals surface area contributed by atoms with Crippen LogP contribution in [-0.4, -0.2) is 39.3 Å². The number of anilines is 1. The zero-order valence-electron chi connectivity index (χ0n) is 11.8. The lowest BCUT2D eigenvalue weighted by atomic mass is 10.2. The number of amides is 1. The molecule has 1 atom stereocenters. The number of benzene rings is 1. The Morgan fingerprint density at radius 3 is 2.43 bits per heavy atom. The lowest BCUT2D eigenvalue weighted by molar-refractivity contribution is -0.118. The summed E-state index contributed by atoms with van der Waals surface area (Å²) in [5.74, 6) is 0.528. The molecule has 1 aromatic rings. The topological polar surface area (TPSA) is 75.7 Å². The lowest BCUT2D eigenvalue weighted by Gasteiger charge is -2.17. The molecule has 0 spiro atoms. The summed E-state index contributed by atoms with van der Waals surface area (Å²) in [7, 11) is -1.76. The molecule has 6 nitrogen and oxygen atoms in total. The molecule has 21 heavy (non-hydrogen) atoms. The van der Waals surface area contributed by atoms with Crippen molar-refractivity contribution < 1.29 is 17.9 Å². The van der Waals surface area contributed by atoms with Gasteiger partial charge in [-0.3, -0.25) is 4.79 Å². The molecule has 1 aliphatic heterocycles. The second-order valence-corrected chi connectivity index (χ2v) is 7.38. The summed E-state index contributed by atoms with van der Waals surface area (Å²) in [6, 6.07) is 6.52. The van der Waals surface area contributed by atoms with E-state index in [1.807, 2.05) is 0 Å². The van der Waals surface area contributed by atoms with Gasteiger partial charge in [0.25, 0.3) is 0 Å². The van der Waals surface area contributed by atoms with Gasteiger partial charge in [-0.2, -0.15) is 0 Å². The number of hydrogen-bond donors (Lipinski definition) is 1. The largest absolute Gasteiger partial charge is 0.497 e. The molecule has 2 fully saturated rings. The molecule has 1 amide bonds. The molecule has 114 valence electrons. The Morgan fingerprint density at radius 1 is 1.19 bits per heavy atom. The molecule has 0 aromatic heterocycles. The highest BCUT2D eigenvalue weighted by Crippen LogP contribution is 2.29. The van der Waals surface area contributed by atoms with Gasteiger partial charge in [0.15, 0.2) is 0 Å². The summed E-state index contributed by atoms with van der Waals surface area (Å²) >= 11 is 0. The molecule has 7 heteroatoms. The van der Waals surface area contributed by atoms with Gasteiger partial charge in [-0.1, -0.05) is 0 Å². The number of ether oxygens (including phenoxy) is 1. The van der Waals surface area contributed by atoms with Gasteiger partial charge in [0.2, 0.25) is 15.9 Å². The quantitative estimate of drug-likeness (QED) is 0.876. The third-order valence-electron chi connectivity index (χ3n) is 3.86. The van der Waals surface area contributed by atoms with Crippen molar-refractivity contribution in [1.29, 1.82) is 0 Å². The predicted molar refractivity (Wildman–Crippen MR) is 78.8 cm³/mol. The fourth-order valence-electron chi connectivity index (χ4n) is 2.48. The number of rotatable bonds is 5. The molecular formula is C14H18N2O4S. The van der Waals surface area contributed by atoms with Gasteiger partial charge in [0.05, 0.1) is 12.4 Å². The molecule has 1 saturated heterocycles. The highest BCUT2D eigenvalue weighted by atomic mass is 32.2. The standard InChI is InChI=1S/C14H18N2O4S/c1-20-11-4-2-10(3-5-11)16-9-8-13(14(16)17)15-21(18,19)12-6-7-12/h2-5,12-13,15H,6-9H2,1H3. The summed E-state index contributed by atoms with van der Waals surface area (Å²) in [5.41, 5.74) is 0.758. The van der Waals surface area contributed by atoms with E-state index in [0.717, 1.165) is 11.4 Å². The number of nitrogens with zero attached hydrogens (tertiary/aromatic N) is 1. The summed E-state index contributed by atoms with van der Waals surface area (Å²) in [4.78, 5) is 14.0. The SMILES string of the molecule is COc1ccc(N2CCC(NS(=O)(=O)C3CC3)C2=O)cc1. The van der Waals surface area contributed by atoms with E-state index >= 15 is 0 Å². The summed E-state index contributed by atoms with van der Waals surface area (Å²) < 4.78 is 31.5. The Kier molecular flexibility index (Phi) is 3.62. The summed E-state index contributed by atoms with van der Waals surface area (Å²) in [6.45, 7) is 0.517. The summed E-state index contributed by atoms with van der Waals surface area (Å²) in [5, 5.41) is -0.305. The van der Waals surface area contributed by atoms with Gasteiger partial charge in [-0.05, 0) is 43.5 Å². The molecular weight excluding hydrogens is 292 g/mol. The molecule has 1 N–H and O–H groups in total. The van der Waals surface area contributed by atoms with Gasteiger partial charge in [-0.25, -0.2) is 13.1 Å². The van der Waals surface area contributed by atoms with E-state index in [4.69, 9.17) is 4.74 Å². The third kappa shape index (κ3) is 2.89. The average Bonchev–Trinajstić information content (AvgIpc) is 3.27. The molecule has 1 aliphatic carbocycles. The molecule has 0 radical (unpaired) electrons. The van der Waals surface area contributed by atoms with Crippen molar-refractivity contribution in [3.63, 3.8) is 0 Å². The van der Waals surface area contributed by atoms with Crippen LogP contribution in [0, 0.1) is 0 Å². The van der Waals surface area contributed by atoms with E-state index in [9.17, 15) is 13.2 Å². The first-order valence-corrected chi connectivity index (χ1v) is 8.52. The zero-order valence-corrected chi connectivity index (χ0v) is 12.6. The van der Waals surface area contributed by atoms with Crippen LogP contribution in [0.5, 0.6) is 5.75 Å². The third-order valence-corrected chi connectivity index (χ3v) is 5.82. The van der Waals surface area contributed by atoms with Gasteiger partial charge in [0, 0.05) is 12.2 Å². The Morgan fingerprint density at radius 2 is 1.86 bits per heavy atom. The lowest BCUT2D eigenvalue weighted by Crippen LogP contribution is -2.42. The average molecular weight is 310 g/mol. The van der Waals surface area contributed by atoms with Crippen LogP contribution in [0.25, 0.3) is 0 Å². The minimum atomic E-state index is -3.34. The van der Waals surface area contributed by atoms with E-state index in [1.165, 1.54) is 0 Å². The number of hydrogen-bond acceptors (Lipinski definition) is 4. The number of nitrogens with one attached hydrogen (secondary N) is 1. The van der Waals surface area contributed by atoms with Crippen molar-refractivity contribution in [3.05, 3.63) is 24.3 Å². The fourth-order valence-corrected chi connectivity index (χ4v) is 4.05. The van der Waals surface area contributed by atoms with Crippen LogP contribution < -0.4 is 14.4 Å². The van der Waals surface area contributed by atoms with Crippen LogP contribution >= 0.6 is 0 Å². The highest BCUT2D eigenvalue weighted by Gasteiger charge is 2.41. The van der Waals surface area contributed by atoms with Crippen LogP contribution in [-0.2, 0) is 14.8 Å². The van der Waals surface area contributed by atoms with Crippen molar-refractivity contribution in [3.8, 4) is 5.75 Å². The van der Waals surface area contributed by atoms with Crippen LogP contribution in [0.1, 0.15) is 19.3 Å². The van der Waals surface area contributed by atoms with Crippen molar-refractivity contribution in [2.75, 3.05) is 18.6 Å². The zero-order chi connectivity index (χ0) is 15.0. The Hall–Kier alpha value is -1.60.